The van der Waals surface area contributed by atoms with Crippen LogP contribution in [0.1, 0.15) is 33.4 Å². The van der Waals surface area contributed by atoms with Crippen molar-refractivity contribution in [1.82, 2.24) is 0 Å². The van der Waals surface area contributed by atoms with Gasteiger partial charge in [-0.05, 0) is 92.0 Å². The summed E-state index contributed by atoms with van der Waals surface area (Å²) < 4.78 is 6.48. The molecule has 0 atom stereocenters. The number of rotatable bonds is 5. The molecule has 9 aromatic carbocycles. The van der Waals surface area contributed by atoms with Gasteiger partial charge in [0.25, 0.3) is 0 Å². The summed E-state index contributed by atoms with van der Waals surface area (Å²) in [5, 5.41) is 2.27. The fourth-order valence-electron chi connectivity index (χ4n) is 9.99. The van der Waals surface area contributed by atoms with E-state index in [1.807, 2.05) is 12.1 Å². The lowest BCUT2D eigenvalue weighted by atomic mass is 9.66. The Hall–Kier alpha value is -7.68. The first-order valence-electron chi connectivity index (χ1n) is 20.3. The highest BCUT2D eigenvalue weighted by molar-refractivity contribution is 6.09. The van der Waals surface area contributed by atoms with E-state index >= 15 is 0 Å². The van der Waals surface area contributed by atoms with Crippen LogP contribution in [0.5, 0.6) is 0 Å². The molecule has 1 aromatic heterocycles. The molecule has 2 nitrogen and oxygen atoms in total. The van der Waals surface area contributed by atoms with E-state index in [1.54, 1.807) is 0 Å². The summed E-state index contributed by atoms with van der Waals surface area (Å²) in [5.41, 5.74) is 19.4. The number of para-hydroxylation sites is 2. The summed E-state index contributed by atoms with van der Waals surface area (Å²) in [6.07, 6.45) is 4.59. The van der Waals surface area contributed by atoms with Gasteiger partial charge in [-0.3, -0.25) is 0 Å². The molecular weight excluding hydrogens is 715 g/mol. The highest BCUT2D eigenvalue weighted by atomic mass is 16.3. The maximum absolute atomic E-state index is 6.48. The third-order valence-electron chi connectivity index (χ3n) is 12.5. The number of hydrogen-bond acceptors (Lipinski definition) is 2. The van der Waals surface area contributed by atoms with E-state index in [0.717, 1.165) is 50.1 Å². The summed E-state index contributed by atoms with van der Waals surface area (Å²) in [6.45, 7) is 0. The molecule has 0 fully saturated rings. The Morgan fingerprint density at radius 1 is 0.356 bits per heavy atom. The predicted molar refractivity (Wildman–Crippen MR) is 246 cm³/mol. The zero-order chi connectivity index (χ0) is 38.9. The van der Waals surface area contributed by atoms with Crippen molar-refractivity contribution in [2.24, 2.45) is 0 Å². The molecule has 1 spiro atoms. The molecule has 0 N–H and O–H groups in total. The maximum atomic E-state index is 6.48. The Labute approximate surface area is 343 Å². The molecule has 0 unspecified atom stereocenters. The molecular formula is C57H37NO. The van der Waals surface area contributed by atoms with E-state index in [9.17, 15) is 0 Å². The van der Waals surface area contributed by atoms with Crippen molar-refractivity contribution in [2.75, 3.05) is 4.90 Å². The molecule has 59 heavy (non-hydrogen) atoms. The topological polar surface area (TPSA) is 16.4 Å². The summed E-state index contributed by atoms with van der Waals surface area (Å²) in [5.74, 6) is 0. The molecule has 0 amide bonds. The summed E-state index contributed by atoms with van der Waals surface area (Å²) in [6, 6.07) is 77.3. The van der Waals surface area contributed by atoms with E-state index in [-0.39, 0.29) is 0 Å². The van der Waals surface area contributed by atoms with Gasteiger partial charge < -0.3 is 9.32 Å². The van der Waals surface area contributed by atoms with Crippen molar-refractivity contribution in [3.05, 3.63) is 246 Å². The maximum Gasteiger partial charge on any atom is 0.143 e. The minimum atomic E-state index is -0.517. The van der Waals surface area contributed by atoms with Crippen LogP contribution in [-0.2, 0) is 5.41 Å². The predicted octanol–water partition coefficient (Wildman–Crippen LogP) is 15.2. The zero-order valence-electron chi connectivity index (χ0n) is 32.2. The average Bonchev–Trinajstić information content (AvgIpc) is 3.79. The molecule has 2 aliphatic rings. The van der Waals surface area contributed by atoms with Gasteiger partial charge in [0.05, 0.1) is 11.1 Å². The van der Waals surface area contributed by atoms with Gasteiger partial charge in [0.2, 0.25) is 0 Å². The monoisotopic (exact) mass is 751 g/mol. The summed E-state index contributed by atoms with van der Waals surface area (Å²) in [4.78, 5) is 2.45. The second kappa shape index (κ2) is 13.2. The van der Waals surface area contributed by atoms with Crippen LogP contribution in [0.2, 0.25) is 0 Å². The normalized spacial score (nSPS) is 13.2. The van der Waals surface area contributed by atoms with E-state index in [0.29, 0.717) is 0 Å². The minimum absolute atomic E-state index is 0.517. The molecule has 0 saturated carbocycles. The summed E-state index contributed by atoms with van der Waals surface area (Å²) >= 11 is 0. The van der Waals surface area contributed by atoms with Crippen LogP contribution >= 0.6 is 0 Å². The first-order valence-corrected chi connectivity index (χ1v) is 20.3. The van der Waals surface area contributed by atoms with Crippen molar-refractivity contribution in [3.63, 3.8) is 0 Å². The SMILES string of the molecule is C1=Cc2ccccc2C2(c3ccccc31)c1ccccc1-c1c(N(c3ccc(-c4ccccc4)cc3)c3ccc(-c4cccc5c4oc4ccccc45)cc3)cccc12. The van der Waals surface area contributed by atoms with E-state index < -0.39 is 5.41 Å². The van der Waals surface area contributed by atoms with E-state index in [4.69, 9.17) is 4.42 Å². The zero-order valence-corrected chi connectivity index (χ0v) is 32.2. The smallest absolute Gasteiger partial charge is 0.143 e. The first-order chi connectivity index (χ1) is 29.3. The van der Waals surface area contributed by atoms with E-state index in [2.05, 4.69) is 217 Å². The van der Waals surface area contributed by atoms with Gasteiger partial charge in [-0.15, -0.1) is 0 Å². The first kappa shape index (κ1) is 33.5. The fraction of sp³-hybridized carbons (Fsp3) is 0.0175. The van der Waals surface area contributed by atoms with Crippen LogP contribution in [-0.4, -0.2) is 0 Å². The number of nitrogens with zero attached hydrogens (tertiary/aromatic N) is 1. The van der Waals surface area contributed by atoms with Gasteiger partial charge in [0.15, 0.2) is 0 Å². The van der Waals surface area contributed by atoms with Crippen molar-refractivity contribution in [3.8, 4) is 33.4 Å². The van der Waals surface area contributed by atoms with Gasteiger partial charge in [-0.2, -0.15) is 0 Å². The van der Waals surface area contributed by atoms with Crippen molar-refractivity contribution < 1.29 is 4.42 Å². The van der Waals surface area contributed by atoms with Crippen molar-refractivity contribution in [2.45, 2.75) is 5.41 Å². The third-order valence-corrected chi connectivity index (χ3v) is 12.5. The molecule has 276 valence electrons. The van der Waals surface area contributed by atoms with Crippen LogP contribution in [0.4, 0.5) is 17.1 Å². The highest BCUT2D eigenvalue weighted by Gasteiger charge is 2.49. The highest BCUT2D eigenvalue weighted by Crippen LogP contribution is 2.61. The molecule has 0 bridgehead atoms. The molecule has 12 rings (SSSR count). The van der Waals surface area contributed by atoms with Gasteiger partial charge in [0, 0.05) is 33.3 Å². The quantitative estimate of drug-likeness (QED) is 0.174. The average molecular weight is 752 g/mol. The molecule has 0 radical (unpaired) electrons. The lowest BCUT2D eigenvalue weighted by molar-refractivity contribution is 0.670. The molecule has 1 heterocycles. The fourth-order valence-corrected chi connectivity index (χ4v) is 9.99. The number of hydrogen-bond donors (Lipinski definition) is 0. The van der Waals surface area contributed by atoms with Crippen LogP contribution in [0.25, 0.3) is 67.5 Å². The van der Waals surface area contributed by atoms with Gasteiger partial charge in [0.1, 0.15) is 11.2 Å². The second-order valence-corrected chi connectivity index (χ2v) is 15.6. The largest absolute Gasteiger partial charge is 0.455 e. The molecule has 2 heteroatoms. The van der Waals surface area contributed by atoms with Gasteiger partial charge in [-0.25, -0.2) is 0 Å². The molecule has 2 aliphatic carbocycles. The Balaban J connectivity index is 1.09. The van der Waals surface area contributed by atoms with Crippen LogP contribution in [0.3, 0.4) is 0 Å². The summed E-state index contributed by atoms with van der Waals surface area (Å²) in [7, 11) is 0. The van der Waals surface area contributed by atoms with E-state index in [1.165, 1.54) is 55.6 Å². The lowest BCUT2D eigenvalue weighted by Gasteiger charge is -2.35. The van der Waals surface area contributed by atoms with Crippen LogP contribution in [0.15, 0.2) is 217 Å². The lowest BCUT2D eigenvalue weighted by Crippen LogP contribution is -2.30. The number of fused-ring (bicyclic) bond motifs is 12. The molecule has 0 aliphatic heterocycles. The molecule has 0 saturated heterocycles. The van der Waals surface area contributed by atoms with Crippen LogP contribution in [0, 0.1) is 0 Å². The number of furan rings is 1. The second-order valence-electron chi connectivity index (χ2n) is 15.6. The third kappa shape index (κ3) is 5.00. The van der Waals surface area contributed by atoms with Gasteiger partial charge in [-0.1, -0.05) is 188 Å². The Bertz CT molecular complexity index is 3210. The Kier molecular flexibility index (Phi) is 7.48. The van der Waals surface area contributed by atoms with Crippen molar-refractivity contribution in [1.29, 1.82) is 0 Å². The Morgan fingerprint density at radius 2 is 0.881 bits per heavy atom. The Morgan fingerprint density at radius 3 is 1.61 bits per heavy atom. The molecule has 10 aromatic rings. The van der Waals surface area contributed by atoms with Gasteiger partial charge >= 0.3 is 0 Å². The number of benzene rings is 9. The minimum Gasteiger partial charge on any atom is -0.455 e. The van der Waals surface area contributed by atoms with Crippen LogP contribution < -0.4 is 4.90 Å². The standard InChI is InChI=1S/C57H37NO/c1-2-14-38(15-3-1)39-30-34-43(35-31-39)58(44-36-32-40(33-37-44)45-20-12-21-47-46-18-7-11-27-54(46)59-56(45)47)53-26-13-25-52-55(53)48-19-6-10-24-51(48)57(52)49-22-8-4-16-41(49)28-29-42-17-5-9-23-50(42)57/h1-37H. The van der Waals surface area contributed by atoms with Crippen molar-refractivity contribution >= 4 is 51.2 Å². The number of anilines is 3.